The van der Waals surface area contributed by atoms with Crippen LogP contribution in [0.1, 0.15) is 13.3 Å². The fourth-order valence-corrected chi connectivity index (χ4v) is 3.07. The van der Waals surface area contributed by atoms with Gasteiger partial charge in [0.05, 0.1) is 4.92 Å². The van der Waals surface area contributed by atoms with Gasteiger partial charge in [-0.1, -0.05) is 6.92 Å². The Balaban J connectivity index is 2.48. The van der Waals surface area contributed by atoms with Crippen LogP contribution < -0.4 is 5.32 Å². The van der Waals surface area contributed by atoms with Gasteiger partial charge in [-0.3, -0.25) is 10.1 Å². The highest BCUT2D eigenvalue weighted by molar-refractivity contribution is 9.10. The van der Waals surface area contributed by atoms with Crippen molar-refractivity contribution in [1.82, 2.24) is 4.98 Å². The second-order valence-corrected chi connectivity index (χ2v) is 5.48. The van der Waals surface area contributed by atoms with Crippen LogP contribution in [0.4, 0.5) is 11.5 Å². The molecule has 0 spiro atoms. The summed E-state index contributed by atoms with van der Waals surface area (Å²) in [5, 5.41) is 18.0. The molecule has 0 aromatic carbocycles. The molecule has 100 valence electrons. The van der Waals surface area contributed by atoms with Crippen LogP contribution in [0.25, 0.3) is 11.3 Å². The Morgan fingerprint density at radius 2 is 2.26 bits per heavy atom. The predicted molar refractivity (Wildman–Crippen MR) is 80.7 cm³/mol. The maximum atomic E-state index is 11.1. The molecule has 0 fully saturated rings. The van der Waals surface area contributed by atoms with Crippen molar-refractivity contribution in [3.63, 3.8) is 0 Å². The molecule has 2 rings (SSSR count). The van der Waals surface area contributed by atoms with Crippen LogP contribution in [-0.2, 0) is 0 Å². The fourth-order valence-electron chi connectivity index (χ4n) is 1.60. The first-order chi connectivity index (χ1) is 9.13. The number of anilines is 1. The van der Waals surface area contributed by atoms with Crippen molar-refractivity contribution in [2.75, 3.05) is 11.9 Å². The van der Waals surface area contributed by atoms with Gasteiger partial charge in [-0.2, -0.15) is 11.3 Å². The number of hydrogen-bond acceptors (Lipinski definition) is 5. The molecule has 0 aliphatic rings. The SMILES string of the molecule is CCCNc1ccc([N+](=O)[O-])c(-c2cscc2Br)n1. The van der Waals surface area contributed by atoms with Crippen molar-refractivity contribution >= 4 is 38.8 Å². The van der Waals surface area contributed by atoms with Gasteiger partial charge >= 0.3 is 0 Å². The Morgan fingerprint density at radius 3 is 2.84 bits per heavy atom. The number of hydrogen-bond donors (Lipinski definition) is 1. The molecule has 7 heteroatoms. The number of rotatable bonds is 5. The molecule has 0 amide bonds. The average Bonchev–Trinajstić information content (AvgIpc) is 2.82. The van der Waals surface area contributed by atoms with Crippen LogP contribution in [0.5, 0.6) is 0 Å². The van der Waals surface area contributed by atoms with Crippen LogP contribution in [0.15, 0.2) is 27.4 Å². The van der Waals surface area contributed by atoms with Crippen molar-refractivity contribution < 1.29 is 4.92 Å². The number of nitro groups is 1. The van der Waals surface area contributed by atoms with Crippen LogP contribution in [0, 0.1) is 10.1 Å². The van der Waals surface area contributed by atoms with Gasteiger partial charge in [-0.05, 0) is 28.4 Å². The molecule has 19 heavy (non-hydrogen) atoms. The lowest BCUT2D eigenvalue weighted by atomic mass is 10.2. The van der Waals surface area contributed by atoms with E-state index < -0.39 is 4.92 Å². The number of aromatic nitrogens is 1. The Morgan fingerprint density at radius 1 is 1.47 bits per heavy atom. The quantitative estimate of drug-likeness (QED) is 0.650. The van der Waals surface area contributed by atoms with Crippen LogP contribution in [0.2, 0.25) is 0 Å². The maximum absolute atomic E-state index is 11.1. The van der Waals surface area contributed by atoms with Gasteiger partial charge in [0.15, 0.2) is 5.69 Å². The van der Waals surface area contributed by atoms with E-state index in [0.717, 1.165) is 23.0 Å². The zero-order valence-corrected chi connectivity index (χ0v) is 12.6. The Bertz CT molecular complexity index is 600. The van der Waals surface area contributed by atoms with E-state index in [9.17, 15) is 10.1 Å². The summed E-state index contributed by atoms with van der Waals surface area (Å²) in [4.78, 5) is 15.0. The van der Waals surface area contributed by atoms with Crippen molar-refractivity contribution in [2.45, 2.75) is 13.3 Å². The van der Waals surface area contributed by atoms with Gasteiger partial charge in [-0.15, -0.1) is 0 Å². The summed E-state index contributed by atoms with van der Waals surface area (Å²) in [5.74, 6) is 0.653. The Hall–Kier alpha value is -1.47. The third-order valence-electron chi connectivity index (χ3n) is 2.50. The van der Waals surface area contributed by atoms with E-state index in [0.29, 0.717) is 11.5 Å². The number of thiophene rings is 1. The summed E-state index contributed by atoms with van der Waals surface area (Å²) >= 11 is 4.87. The van der Waals surface area contributed by atoms with E-state index in [4.69, 9.17) is 0 Å². The van der Waals surface area contributed by atoms with Crippen molar-refractivity contribution in [3.05, 3.63) is 37.5 Å². The molecule has 0 saturated carbocycles. The average molecular weight is 342 g/mol. The molecule has 0 unspecified atom stereocenters. The maximum Gasteiger partial charge on any atom is 0.295 e. The van der Waals surface area contributed by atoms with E-state index in [-0.39, 0.29) is 5.69 Å². The van der Waals surface area contributed by atoms with Crippen LogP contribution >= 0.6 is 27.3 Å². The van der Waals surface area contributed by atoms with Crippen LogP contribution in [0.3, 0.4) is 0 Å². The predicted octanol–water partition coefficient (Wildman–Crippen LogP) is 4.30. The van der Waals surface area contributed by atoms with Gasteiger partial charge in [0.25, 0.3) is 5.69 Å². The van der Waals surface area contributed by atoms with E-state index in [1.54, 1.807) is 6.07 Å². The lowest BCUT2D eigenvalue weighted by Gasteiger charge is -2.06. The first-order valence-electron chi connectivity index (χ1n) is 5.75. The summed E-state index contributed by atoms with van der Waals surface area (Å²) in [5.41, 5.74) is 1.15. The molecule has 0 atom stereocenters. The summed E-state index contributed by atoms with van der Waals surface area (Å²) in [6.45, 7) is 2.84. The largest absolute Gasteiger partial charge is 0.370 e. The molecule has 2 aromatic rings. The molecule has 0 radical (unpaired) electrons. The molecular formula is C12H12BrN3O2S. The topological polar surface area (TPSA) is 68.1 Å². The molecule has 0 aliphatic carbocycles. The van der Waals surface area contributed by atoms with Crippen molar-refractivity contribution in [3.8, 4) is 11.3 Å². The number of nitrogens with zero attached hydrogens (tertiary/aromatic N) is 2. The summed E-state index contributed by atoms with van der Waals surface area (Å²) in [6, 6.07) is 3.13. The zero-order valence-electron chi connectivity index (χ0n) is 10.2. The molecular weight excluding hydrogens is 330 g/mol. The van der Waals surface area contributed by atoms with Gasteiger partial charge in [0.1, 0.15) is 5.82 Å². The first kappa shape index (κ1) is 14.0. The van der Waals surface area contributed by atoms with E-state index >= 15 is 0 Å². The number of nitrogens with one attached hydrogen (secondary N) is 1. The smallest absolute Gasteiger partial charge is 0.295 e. The first-order valence-corrected chi connectivity index (χ1v) is 7.48. The molecule has 2 heterocycles. The molecule has 1 N–H and O–H groups in total. The second-order valence-electron chi connectivity index (χ2n) is 3.88. The summed E-state index contributed by atoms with van der Waals surface area (Å²) in [7, 11) is 0. The minimum absolute atomic E-state index is 0.0150. The van der Waals surface area contributed by atoms with E-state index in [2.05, 4.69) is 33.2 Å². The highest BCUT2D eigenvalue weighted by Gasteiger charge is 2.20. The fraction of sp³-hybridized carbons (Fsp3) is 0.250. The third-order valence-corrected chi connectivity index (χ3v) is 4.20. The normalized spacial score (nSPS) is 10.4. The summed E-state index contributed by atoms with van der Waals surface area (Å²) in [6.07, 6.45) is 0.968. The summed E-state index contributed by atoms with van der Waals surface area (Å²) < 4.78 is 0.820. The Labute approximate surface area is 123 Å². The van der Waals surface area contributed by atoms with Gasteiger partial charge in [-0.25, -0.2) is 4.98 Å². The Kier molecular flexibility index (Phi) is 4.49. The molecule has 2 aromatic heterocycles. The third kappa shape index (κ3) is 3.10. The molecule has 0 bridgehead atoms. The van der Waals surface area contributed by atoms with Crippen molar-refractivity contribution in [1.29, 1.82) is 0 Å². The molecule has 5 nitrogen and oxygen atoms in total. The van der Waals surface area contributed by atoms with Gasteiger partial charge in [0, 0.05) is 33.4 Å². The minimum Gasteiger partial charge on any atom is -0.370 e. The van der Waals surface area contributed by atoms with Gasteiger partial charge < -0.3 is 5.32 Å². The standard InChI is InChI=1S/C12H12BrN3O2S/c1-2-5-14-11-4-3-10(16(17)18)12(15-11)8-6-19-7-9(8)13/h3-4,6-7H,2,5H2,1H3,(H,14,15). The van der Waals surface area contributed by atoms with E-state index in [1.165, 1.54) is 17.4 Å². The molecule has 0 saturated heterocycles. The van der Waals surface area contributed by atoms with E-state index in [1.807, 2.05) is 10.8 Å². The number of halogens is 1. The van der Waals surface area contributed by atoms with Crippen molar-refractivity contribution in [2.24, 2.45) is 0 Å². The monoisotopic (exact) mass is 341 g/mol. The van der Waals surface area contributed by atoms with Crippen LogP contribution in [-0.4, -0.2) is 16.5 Å². The van der Waals surface area contributed by atoms with Gasteiger partial charge in [0.2, 0.25) is 0 Å². The second kappa shape index (κ2) is 6.12. The number of pyridine rings is 1. The minimum atomic E-state index is -0.407. The highest BCUT2D eigenvalue weighted by atomic mass is 79.9. The lowest BCUT2D eigenvalue weighted by Crippen LogP contribution is -2.03. The lowest BCUT2D eigenvalue weighted by molar-refractivity contribution is -0.384. The zero-order chi connectivity index (χ0) is 13.8. The molecule has 0 aliphatic heterocycles. The highest BCUT2D eigenvalue weighted by Crippen LogP contribution is 2.36.